The molecule has 0 heterocycles. The third kappa shape index (κ3) is 24.8. The van der Waals surface area contributed by atoms with Gasteiger partial charge in [0.15, 0.2) is 0 Å². The fourth-order valence-electron chi connectivity index (χ4n) is 1.53. The number of hydrogen-bond donors (Lipinski definition) is 0. The van der Waals surface area contributed by atoms with Crippen molar-refractivity contribution < 1.29 is 71.6 Å². The molecule has 1 atom stereocenters. The van der Waals surface area contributed by atoms with Crippen LogP contribution >= 0.6 is 0 Å². The Kier molecular flexibility index (Phi) is 21.1. The molecule has 2 nitrogen and oxygen atoms in total. The van der Waals surface area contributed by atoms with Gasteiger partial charge >= 0.3 is 18.3 Å². The minimum absolute atomic E-state index is 0.0144. The van der Waals surface area contributed by atoms with Gasteiger partial charge in [0.05, 0.1) is 0 Å². The SMILES string of the molecule is C[Si](C)(C)CCC(F)(CF)C(F)(F)F.C[Si](C)(C)CCC(F)(F)C(F)(F)F.FCOF.FCOF. The third-order valence-corrected chi connectivity index (χ3v) is 7.18. The molecule has 0 aromatic heterocycles. The molecule has 0 saturated carbocycles. The number of rotatable bonds is 9. The van der Waals surface area contributed by atoms with Crippen LogP contribution in [0.4, 0.5) is 61.7 Å². The summed E-state index contributed by atoms with van der Waals surface area (Å²) in [5.74, 6) is -4.52. The summed E-state index contributed by atoms with van der Waals surface area (Å²) in [6.07, 6.45) is -12.3. The summed E-state index contributed by atoms with van der Waals surface area (Å²) in [5, 5.41) is 0. The Labute approximate surface area is 197 Å². The maximum absolute atomic E-state index is 13.1. The quantitative estimate of drug-likeness (QED) is 0.197. The Morgan fingerprint density at radius 1 is 0.543 bits per heavy atom. The fraction of sp³-hybridized carbons (Fsp3) is 1.00. The van der Waals surface area contributed by atoms with E-state index in [2.05, 4.69) is 9.88 Å². The summed E-state index contributed by atoms with van der Waals surface area (Å²) in [6, 6.07) is 0.117. The molecule has 0 saturated heterocycles. The highest BCUT2D eigenvalue weighted by Crippen LogP contribution is 2.40. The van der Waals surface area contributed by atoms with Gasteiger partial charge in [-0.25, -0.2) is 17.6 Å². The fourth-order valence-corrected chi connectivity index (χ4v) is 3.74. The van der Waals surface area contributed by atoms with Crippen LogP contribution in [0.1, 0.15) is 12.8 Å². The summed E-state index contributed by atoms with van der Waals surface area (Å²) in [5.41, 5.74) is -3.65. The van der Waals surface area contributed by atoms with Crippen molar-refractivity contribution >= 4 is 16.1 Å². The smallest absolute Gasteiger partial charge is 0.247 e. The molecule has 18 heteroatoms. The summed E-state index contributed by atoms with van der Waals surface area (Å²) >= 11 is 0. The molecule has 0 aliphatic heterocycles. The number of hydrogen-bond acceptors (Lipinski definition) is 2. The van der Waals surface area contributed by atoms with Gasteiger partial charge in [-0.15, -0.1) is 0 Å². The van der Waals surface area contributed by atoms with E-state index in [9.17, 15) is 61.7 Å². The van der Waals surface area contributed by atoms with Crippen molar-refractivity contribution in [3.8, 4) is 0 Å². The molecule has 0 radical (unpaired) electrons. The lowest BCUT2D eigenvalue weighted by molar-refractivity contribution is -0.282. The normalized spacial score (nSPS) is 14.4. The predicted molar refractivity (Wildman–Crippen MR) is 109 cm³/mol. The second-order valence-electron chi connectivity index (χ2n) is 9.36. The molecule has 0 N–H and O–H groups in total. The maximum Gasteiger partial charge on any atom is 0.453 e. The van der Waals surface area contributed by atoms with Crippen LogP contribution in [0.3, 0.4) is 0 Å². The van der Waals surface area contributed by atoms with Gasteiger partial charge in [0.2, 0.25) is 19.4 Å². The topological polar surface area (TPSA) is 18.5 Å². The molecule has 1 unspecified atom stereocenters. The van der Waals surface area contributed by atoms with Crippen molar-refractivity contribution in [2.75, 3.05) is 20.4 Å². The van der Waals surface area contributed by atoms with E-state index >= 15 is 0 Å². The van der Waals surface area contributed by atoms with Crippen LogP contribution < -0.4 is 0 Å². The van der Waals surface area contributed by atoms with Gasteiger partial charge in [0.1, 0.15) is 6.67 Å². The van der Waals surface area contributed by atoms with Crippen LogP contribution in [0.25, 0.3) is 0 Å². The summed E-state index contributed by atoms with van der Waals surface area (Å²) in [7, 11) is -3.59. The molecule has 0 spiro atoms. The maximum atomic E-state index is 13.1. The van der Waals surface area contributed by atoms with Gasteiger partial charge in [-0.3, -0.25) is 0 Å². The van der Waals surface area contributed by atoms with Gasteiger partial charge in [0.25, 0.3) is 0 Å². The molecule has 0 aromatic carbocycles. The zero-order valence-electron chi connectivity index (χ0n) is 20.1. The van der Waals surface area contributed by atoms with E-state index in [0.717, 1.165) is 0 Å². The summed E-state index contributed by atoms with van der Waals surface area (Å²) in [4.78, 5) is 4.75. The molecule has 0 aliphatic carbocycles. The average molecular weight is 591 g/mol. The first-order valence-electron chi connectivity index (χ1n) is 9.66. The van der Waals surface area contributed by atoms with E-state index in [-0.39, 0.29) is 12.1 Å². The van der Waals surface area contributed by atoms with Crippen LogP contribution in [-0.4, -0.2) is 60.5 Å². The van der Waals surface area contributed by atoms with Crippen LogP contribution in [-0.2, 0) is 9.88 Å². The molecule has 0 fully saturated rings. The van der Waals surface area contributed by atoms with E-state index in [1.54, 1.807) is 19.6 Å². The van der Waals surface area contributed by atoms with Gasteiger partial charge in [0, 0.05) is 22.6 Å². The highest BCUT2D eigenvalue weighted by atomic mass is 28.3. The molecule has 0 bridgehead atoms. The Balaban J connectivity index is -0.000000210. The van der Waals surface area contributed by atoms with E-state index in [4.69, 9.17) is 0 Å². The molecular weight excluding hydrogens is 558 g/mol. The third-order valence-electron chi connectivity index (χ3n) is 3.68. The van der Waals surface area contributed by atoms with Crippen molar-refractivity contribution in [1.82, 2.24) is 0 Å². The molecule has 0 aromatic rings. The first-order chi connectivity index (χ1) is 15.3. The van der Waals surface area contributed by atoms with Crippen molar-refractivity contribution in [2.24, 2.45) is 0 Å². The second-order valence-corrected chi connectivity index (χ2v) is 20.6. The zero-order valence-corrected chi connectivity index (χ0v) is 22.1. The standard InChI is InChI=1S/C8H15F5Si.C7H13F5Si.2CH2F2O/c1-14(2,3)5-4-7(10,6-9)8(11,12)13;1-13(2,3)5-4-6(8,9)7(10,11)12;2*2-1-4-3/h4-6H2,1-3H3;4-5H2,1-3H3;2*1H2. The first-order valence-corrected chi connectivity index (χ1v) is 17.1. The average Bonchev–Trinajstić information content (AvgIpc) is 2.68. The molecule has 35 heavy (non-hydrogen) atoms. The Morgan fingerprint density at radius 3 is 1.00 bits per heavy atom. The lowest BCUT2D eigenvalue weighted by atomic mass is 10.0. The Morgan fingerprint density at radius 2 is 0.829 bits per heavy atom. The van der Waals surface area contributed by atoms with Crippen molar-refractivity contribution in [1.29, 1.82) is 0 Å². The van der Waals surface area contributed by atoms with Crippen molar-refractivity contribution in [2.45, 2.75) is 88.2 Å². The minimum Gasteiger partial charge on any atom is -0.247 e. The Hall–Kier alpha value is -0.626. The van der Waals surface area contributed by atoms with E-state index in [1.807, 2.05) is 19.6 Å². The highest BCUT2D eigenvalue weighted by Gasteiger charge is 2.57. The van der Waals surface area contributed by atoms with Gasteiger partial charge in [-0.05, 0) is 15.5 Å². The molecule has 0 amide bonds. The van der Waals surface area contributed by atoms with Crippen LogP contribution in [0.15, 0.2) is 0 Å². The molecule has 218 valence electrons. The number of alkyl halides is 12. The molecule has 0 rings (SSSR count). The van der Waals surface area contributed by atoms with Crippen LogP contribution in [0.2, 0.25) is 51.4 Å². The first kappa shape index (κ1) is 41.5. The lowest BCUT2D eigenvalue weighted by Gasteiger charge is -2.27. The number of halogens is 14. The van der Waals surface area contributed by atoms with Gasteiger partial charge < -0.3 is 0 Å². The Bertz CT molecular complexity index is 497. The van der Waals surface area contributed by atoms with Gasteiger partial charge in [-0.2, -0.15) is 45.0 Å². The zero-order chi connectivity index (χ0) is 29.4. The van der Waals surface area contributed by atoms with Gasteiger partial charge in [-0.1, -0.05) is 51.4 Å². The van der Waals surface area contributed by atoms with Crippen molar-refractivity contribution in [3.63, 3.8) is 0 Å². The summed E-state index contributed by atoms with van der Waals surface area (Å²) in [6.45, 7) is 6.07. The van der Waals surface area contributed by atoms with E-state index in [0.29, 0.717) is 0 Å². The summed E-state index contributed by atoms with van der Waals surface area (Å²) < 4.78 is 161. The molecular formula is C17H32F14O2Si2. The van der Waals surface area contributed by atoms with Crippen LogP contribution in [0, 0.1) is 0 Å². The van der Waals surface area contributed by atoms with Crippen LogP contribution in [0.5, 0.6) is 0 Å². The largest absolute Gasteiger partial charge is 0.453 e. The van der Waals surface area contributed by atoms with E-state index < -0.39 is 73.3 Å². The monoisotopic (exact) mass is 590 g/mol. The minimum atomic E-state index is -5.40. The lowest BCUT2D eigenvalue weighted by Crippen LogP contribution is -2.44. The highest BCUT2D eigenvalue weighted by molar-refractivity contribution is 6.76. The predicted octanol–water partition coefficient (Wildman–Crippen LogP) is 9.50. The van der Waals surface area contributed by atoms with E-state index in [1.165, 1.54) is 0 Å². The second kappa shape index (κ2) is 17.8. The van der Waals surface area contributed by atoms with Crippen molar-refractivity contribution in [3.05, 3.63) is 0 Å². The molecule has 0 aliphatic rings.